The Balaban J connectivity index is 2.14. The molecular formula is C14H21FN2O. The smallest absolute Gasteiger partial charge is 0.220 e. The van der Waals surface area contributed by atoms with Crippen LogP contribution in [-0.4, -0.2) is 19.0 Å². The van der Waals surface area contributed by atoms with E-state index in [0.29, 0.717) is 31.5 Å². The maximum atomic E-state index is 13.3. The fourth-order valence-corrected chi connectivity index (χ4v) is 1.73. The molecule has 0 saturated heterocycles. The van der Waals surface area contributed by atoms with Crippen LogP contribution in [-0.2, 0) is 11.2 Å². The molecule has 0 aromatic heterocycles. The summed E-state index contributed by atoms with van der Waals surface area (Å²) >= 11 is 0. The van der Waals surface area contributed by atoms with Gasteiger partial charge < -0.3 is 11.1 Å². The van der Waals surface area contributed by atoms with Crippen molar-refractivity contribution in [1.29, 1.82) is 0 Å². The van der Waals surface area contributed by atoms with Gasteiger partial charge in [0.1, 0.15) is 5.82 Å². The van der Waals surface area contributed by atoms with Gasteiger partial charge in [-0.2, -0.15) is 0 Å². The van der Waals surface area contributed by atoms with E-state index >= 15 is 0 Å². The van der Waals surface area contributed by atoms with Crippen molar-refractivity contribution >= 4 is 5.91 Å². The summed E-state index contributed by atoms with van der Waals surface area (Å²) in [5, 5.41) is 2.80. The quantitative estimate of drug-likeness (QED) is 0.695. The summed E-state index contributed by atoms with van der Waals surface area (Å²) in [5.41, 5.74) is 6.01. The summed E-state index contributed by atoms with van der Waals surface area (Å²) in [7, 11) is 0. The van der Waals surface area contributed by atoms with Crippen molar-refractivity contribution in [2.75, 3.05) is 13.1 Å². The van der Waals surface area contributed by atoms with E-state index < -0.39 is 0 Å². The average molecular weight is 252 g/mol. The Morgan fingerprint density at radius 2 is 2.00 bits per heavy atom. The highest BCUT2D eigenvalue weighted by atomic mass is 19.1. The summed E-state index contributed by atoms with van der Waals surface area (Å²) in [6.07, 6.45) is 3.86. The number of rotatable bonds is 8. The third kappa shape index (κ3) is 5.77. The van der Waals surface area contributed by atoms with E-state index in [9.17, 15) is 9.18 Å². The lowest BCUT2D eigenvalue weighted by atomic mass is 10.1. The van der Waals surface area contributed by atoms with Gasteiger partial charge in [-0.15, -0.1) is 0 Å². The van der Waals surface area contributed by atoms with Crippen LogP contribution in [0.25, 0.3) is 0 Å². The second kappa shape index (κ2) is 8.64. The second-order valence-corrected chi connectivity index (χ2v) is 4.29. The Morgan fingerprint density at radius 3 is 2.72 bits per heavy atom. The van der Waals surface area contributed by atoms with Crippen LogP contribution < -0.4 is 11.1 Å². The molecule has 0 fully saturated rings. The molecule has 3 nitrogen and oxygen atoms in total. The highest BCUT2D eigenvalue weighted by molar-refractivity contribution is 5.75. The number of benzene rings is 1. The SMILES string of the molecule is NCCCCCC(=O)NCCc1ccccc1F. The largest absolute Gasteiger partial charge is 0.356 e. The molecule has 0 aliphatic heterocycles. The molecule has 4 heteroatoms. The fraction of sp³-hybridized carbons (Fsp3) is 0.500. The molecule has 0 heterocycles. The number of nitrogens with one attached hydrogen (secondary N) is 1. The number of halogens is 1. The van der Waals surface area contributed by atoms with Gasteiger partial charge in [0.2, 0.25) is 5.91 Å². The number of unbranched alkanes of at least 4 members (excludes halogenated alkanes) is 2. The van der Waals surface area contributed by atoms with Crippen LogP contribution in [0.2, 0.25) is 0 Å². The van der Waals surface area contributed by atoms with Crippen LogP contribution in [0.1, 0.15) is 31.2 Å². The van der Waals surface area contributed by atoms with Crippen molar-refractivity contribution in [3.05, 3.63) is 35.6 Å². The zero-order valence-corrected chi connectivity index (χ0v) is 10.6. The third-order valence-corrected chi connectivity index (χ3v) is 2.78. The maximum Gasteiger partial charge on any atom is 0.220 e. The van der Waals surface area contributed by atoms with Crippen LogP contribution >= 0.6 is 0 Å². The molecular weight excluding hydrogens is 231 g/mol. The Morgan fingerprint density at radius 1 is 1.22 bits per heavy atom. The summed E-state index contributed by atoms with van der Waals surface area (Å²) in [4.78, 5) is 11.4. The van der Waals surface area contributed by atoms with Crippen molar-refractivity contribution in [1.82, 2.24) is 5.32 Å². The van der Waals surface area contributed by atoms with Gasteiger partial charge in [-0.3, -0.25) is 4.79 Å². The number of hydrogen-bond donors (Lipinski definition) is 2. The van der Waals surface area contributed by atoms with Crippen LogP contribution in [0.5, 0.6) is 0 Å². The first-order chi connectivity index (χ1) is 8.74. The number of hydrogen-bond acceptors (Lipinski definition) is 2. The maximum absolute atomic E-state index is 13.3. The molecule has 100 valence electrons. The molecule has 1 amide bonds. The van der Waals surface area contributed by atoms with Gasteiger partial charge in [-0.25, -0.2) is 4.39 Å². The molecule has 0 saturated carbocycles. The normalized spacial score (nSPS) is 10.3. The van der Waals surface area contributed by atoms with E-state index in [1.54, 1.807) is 18.2 Å². The summed E-state index contributed by atoms with van der Waals surface area (Å²) in [6.45, 7) is 1.16. The minimum Gasteiger partial charge on any atom is -0.356 e. The molecule has 1 aromatic carbocycles. The Bertz CT molecular complexity index is 369. The Labute approximate surface area is 108 Å². The summed E-state index contributed by atoms with van der Waals surface area (Å²) < 4.78 is 13.3. The van der Waals surface area contributed by atoms with Crippen molar-refractivity contribution in [2.45, 2.75) is 32.1 Å². The molecule has 0 spiro atoms. The summed E-state index contributed by atoms with van der Waals surface area (Å²) in [6, 6.07) is 6.63. The molecule has 0 aliphatic rings. The van der Waals surface area contributed by atoms with E-state index in [4.69, 9.17) is 5.73 Å². The number of amides is 1. The van der Waals surface area contributed by atoms with Crippen LogP contribution in [0.3, 0.4) is 0 Å². The predicted molar refractivity (Wildman–Crippen MR) is 70.6 cm³/mol. The van der Waals surface area contributed by atoms with Crippen LogP contribution in [0.4, 0.5) is 4.39 Å². The van der Waals surface area contributed by atoms with Crippen molar-refractivity contribution in [3.63, 3.8) is 0 Å². The lowest BCUT2D eigenvalue weighted by Gasteiger charge is -2.06. The molecule has 3 N–H and O–H groups in total. The third-order valence-electron chi connectivity index (χ3n) is 2.78. The van der Waals surface area contributed by atoms with Crippen molar-refractivity contribution in [3.8, 4) is 0 Å². The molecule has 0 aliphatic carbocycles. The molecule has 0 atom stereocenters. The zero-order chi connectivity index (χ0) is 13.2. The Kier molecular flexibility index (Phi) is 7.03. The van der Waals surface area contributed by atoms with Crippen LogP contribution in [0.15, 0.2) is 24.3 Å². The molecule has 0 radical (unpaired) electrons. The fourth-order valence-electron chi connectivity index (χ4n) is 1.73. The lowest BCUT2D eigenvalue weighted by molar-refractivity contribution is -0.121. The first-order valence-electron chi connectivity index (χ1n) is 6.44. The van der Waals surface area contributed by atoms with Gasteiger partial charge in [0.15, 0.2) is 0 Å². The van der Waals surface area contributed by atoms with Gasteiger partial charge in [-0.1, -0.05) is 24.6 Å². The second-order valence-electron chi connectivity index (χ2n) is 4.29. The predicted octanol–water partition coefficient (Wildman–Crippen LogP) is 2.00. The van der Waals surface area contributed by atoms with Gasteiger partial charge in [0.05, 0.1) is 0 Å². The van der Waals surface area contributed by atoms with Crippen molar-refractivity contribution < 1.29 is 9.18 Å². The molecule has 0 unspecified atom stereocenters. The number of carbonyl (C=O) groups is 1. The zero-order valence-electron chi connectivity index (χ0n) is 10.6. The van der Waals surface area contributed by atoms with E-state index in [-0.39, 0.29) is 11.7 Å². The first kappa shape index (κ1) is 14.6. The van der Waals surface area contributed by atoms with Crippen LogP contribution in [0, 0.1) is 5.82 Å². The lowest BCUT2D eigenvalue weighted by Crippen LogP contribution is -2.25. The van der Waals surface area contributed by atoms with Crippen molar-refractivity contribution in [2.24, 2.45) is 5.73 Å². The van der Waals surface area contributed by atoms with Gasteiger partial charge in [0, 0.05) is 13.0 Å². The van der Waals surface area contributed by atoms with E-state index in [1.165, 1.54) is 6.07 Å². The standard InChI is InChI=1S/C14H21FN2O/c15-13-7-4-3-6-12(13)9-11-17-14(18)8-2-1-5-10-16/h3-4,6-7H,1-2,5,8-11,16H2,(H,17,18). The van der Waals surface area contributed by atoms with E-state index in [2.05, 4.69) is 5.32 Å². The Hall–Kier alpha value is -1.42. The first-order valence-corrected chi connectivity index (χ1v) is 6.44. The molecule has 0 bridgehead atoms. The van der Waals surface area contributed by atoms with Gasteiger partial charge in [-0.05, 0) is 37.4 Å². The average Bonchev–Trinajstić information content (AvgIpc) is 2.37. The topological polar surface area (TPSA) is 55.1 Å². The highest BCUT2D eigenvalue weighted by Gasteiger charge is 2.03. The van der Waals surface area contributed by atoms with Gasteiger partial charge in [0.25, 0.3) is 0 Å². The minimum atomic E-state index is -0.213. The molecule has 1 aromatic rings. The highest BCUT2D eigenvalue weighted by Crippen LogP contribution is 2.06. The van der Waals surface area contributed by atoms with E-state index in [0.717, 1.165) is 19.3 Å². The molecule has 1 rings (SSSR count). The number of nitrogens with two attached hydrogens (primary N) is 1. The minimum absolute atomic E-state index is 0.0309. The van der Waals surface area contributed by atoms with Gasteiger partial charge >= 0.3 is 0 Å². The van der Waals surface area contributed by atoms with E-state index in [1.807, 2.05) is 0 Å². The molecule has 18 heavy (non-hydrogen) atoms. The monoisotopic (exact) mass is 252 g/mol. The summed E-state index contributed by atoms with van der Waals surface area (Å²) in [5.74, 6) is -0.182. The number of carbonyl (C=O) groups excluding carboxylic acids is 1.